The zero-order valence-electron chi connectivity index (χ0n) is 26.2. The van der Waals surface area contributed by atoms with Gasteiger partial charge in [-0.05, 0) is 66.9 Å². The van der Waals surface area contributed by atoms with E-state index in [0.717, 1.165) is 49.8 Å². The zero-order valence-corrected chi connectivity index (χ0v) is 28.4. The highest BCUT2D eigenvalue weighted by Crippen LogP contribution is 2.20. The maximum absolute atomic E-state index is 12.8. The van der Waals surface area contributed by atoms with Crippen molar-refractivity contribution in [3.05, 3.63) is 90.0 Å². The van der Waals surface area contributed by atoms with E-state index in [1.165, 1.54) is 6.92 Å². The minimum Gasteiger partial charge on any atom is -1.00 e. The number of nitrogens with one attached hydrogen (secondary N) is 1. The number of amides is 1. The Hall–Kier alpha value is -3.44. The number of carbonyl (C=O) groups is 3. The third-order valence-corrected chi connectivity index (χ3v) is 7.01. The van der Waals surface area contributed by atoms with Gasteiger partial charge in [-0.25, -0.2) is 9.59 Å². The number of rotatable bonds is 17. The number of benzene rings is 3. The van der Waals surface area contributed by atoms with Crippen LogP contribution in [-0.4, -0.2) is 62.7 Å². The van der Waals surface area contributed by atoms with Crippen LogP contribution < -0.4 is 38.8 Å². The van der Waals surface area contributed by atoms with Crippen molar-refractivity contribution in [2.75, 3.05) is 39.7 Å². The summed E-state index contributed by atoms with van der Waals surface area (Å²) in [5, 5.41) is 2.66. The maximum Gasteiger partial charge on any atom is 0.365 e. The van der Waals surface area contributed by atoms with E-state index in [9.17, 15) is 14.4 Å². The molecule has 1 unspecified atom stereocenters. The molecule has 0 heterocycles. The van der Waals surface area contributed by atoms with Gasteiger partial charge in [0, 0.05) is 19.0 Å². The van der Waals surface area contributed by atoms with Gasteiger partial charge in [0.25, 0.3) is 0 Å². The number of carbonyl (C=O) groups excluding carboxylic acids is 3. The van der Waals surface area contributed by atoms with Crippen molar-refractivity contribution >= 4 is 23.5 Å². The minimum atomic E-state index is -0.474. The summed E-state index contributed by atoms with van der Waals surface area (Å²) in [6, 6.07) is 23.4. The molecule has 44 heavy (non-hydrogen) atoms. The van der Waals surface area contributed by atoms with Gasteiger partial charge in [0.05, 0.1) is 39.9 Å². The van der Waals surface area contributed by atoms with E-state index < -0.39 is 5.97 Å². The molecular formula is C35H45IN2O6. The predicted molar refractivity (Wildman–Crippen MR) is 168 cm³/mol. The van der Waals surface area contributed by atoms with E-state index in [4.69, 9.17) is 14.2 Å². The lowest BCUT2D eigenvalue weighted by Gasteiger charge is -2.32. The molecule has 238 valence electrons. The van der Waals surface area contributed by atoms with Gasteiger partial charge in [-0.3, -0.25) is 4.79 Å². The van der Waals surface area contributed by atoms with Crippen LogP contribution in [0.25, 0.3) is 0 Å². The van der Waals surface area contributed by atoms with Gasteiger partial charge in [0.1, 0.15) is 11.5 Å². The number of hydrogen-bond donors (Lipinski definition) is 1. The van der Waals surface area contributed by atoms with Gasteiger partial charge >= 0.3 is 11.9 Å². The first-order chi connectivity index (χ1) is 20.6. The smallest absolute Gasteiger partial charge is 0.365 e. The molecule has 9 heteroatoms. The second kappa shape index (κ2) is 19.1. The molecule has 8 nitrogen and oxygen atoms in total. The number of ether oxygens (including phenoxy) is 3. The first-order valence-electron chi connectivity index (χ1n) is 15.0. The van der Waals surface area contributed by atoms with E-state index in [2.05, 4.69) is 17.4 Å². The quantitative estimate of drug-likeness (QED) is 0.0758. The summed E-state index contributed by atoms with van der Waals surface area (Å²) in [7, 11) is 6.10. The molecule has 0 radical (unpaired) electrons. The number of halogens is 1. The first kappa shape index (κ1) is 36.8. The molecular weight excluding hydrogens is 671 g/mol. The topological polar surface area (TPSA) is 90.9 Å². The van der Waals surface area contributed by atoms with E-state index >= 15 is 0 Å². The predicted octanol–water partition coefficient (Wildman–Crippen LogP) is 3.45. The molecule has 3 aromatic carbocycles. The van der Waals surface area contributed by atoms with E-state index in [-0.39, 0.29) is 41.9 Å². The van der Waals surface area contributed by atoms with Gasteiger partial charge in [0.15, 0.2) is 6.04 Å². The van der Waals surface area contributed by atoms with Crippen LogP contribution in [0.1, 0.15) is 61.4 Å². The largest absolute Gasteiger partial charge is 1.00 e. The van der Waals surface area contributed by atoms with Crippen LogP contribution >= 0.6 is 0 Å². The highest BCUT2D eigenvalue weighted by atomic mass is 127. The summed E-state index contributed by atoms with van der Waals surface area (Å²) in [5.74, 6) is 0.374. The first-order valence-corrected chi connectivity index (χ1v) is 15.0. The van der Waals surface area contributed by atoms with Gasteiger partial charge in [-0.1, -0.05) is 56.0 Å². The summed E-state index contributed by atoms with van der Waals surface area (Å²) in [6.45, 7) is 2.51. The van der Waals surface area contributed by atoms with E-state index in [1.807, 2.05) is 39.3 Å². The van der Waals surface area contributed by atoms with Crippen molar-refractivity contribution in [3.63, 3.8) is 0 Å². The summed E-state index contributed by atoms with van der Waals surface area (Å²) in [6.07, 6.45) is 6.78. The van der Waals surface area contributed by atoms with Crippen LogP contribution in [-0.2, 0) is 20.7 Å². The van der Waals surface area contributed by atoms with Gasteiger partial charge < -0.3 is 48.0 Å². The van der Waals surface area contributed by atoms with Gasteiger partial charge in [0.2, 0.25) is 5.91 Å². The Kier molecular flexibility index (Phi) is 15.9. The molecule has 0 aliphatic heterocycles. The Morgan fingerprint density at radius 1 is 0.727 bits per heavy atom. The van der Waals surface area contributed by atoms with Crippen LogP contribution in [0.2, 0.25) is 0 Å². The Balaban J connectivity index is 0.00000675. The Morgan fingerprint density at radius 3 is 1.89 bits per heavy atom. The molecule has 0 aliphatic rings. The number of likely N-dealkylation sites (N-methyl/N-ethyl adjacent to an activating group) is 1. The minimum absolute atomic E-state index is 0. The highest BCUT2D eigenvalue weighted by Gasteiger charge is 2.33. The van der Waals surface area contributed by atoms with Crippen molar-refractivity contribution in [3.8, 4) is 11.5 Å². The molecule has 1 N–H and O–H groups in total. The normalized spacial score (nSPS) is 11.5. The molecule has 0 spiro atoms. The Bertz CT molecular complexity index is 1290. The highest BCUT2D eigenvalue weighted by molar-refractivity contribution is 5.93. The van der Waals surface area contributed by atoms with E-state index in [0.29, 0.717) is 41.1 Å². The van der Waals surface area contributed by atoms with Crippen molar-refractivity contribution in [1.29, 1.82) is 0 Å². The Morgan fingerprint density at radius 2 is 1.30 bits per heavy atom. The number of nitrogens with zero attached hydrogens (tertiary/aromatic N) is 1. The molecule has 0 saturated heterocycles. The van der Waals surface area contributed by atoms with Gasteiger partial charge in [-0.15, -0.1) is 0 Å². The van der Waals surface area contributed by atoms with E-state index in [1.54, 1.807) is 48.5 Å². The number of esters is 2. The third kappa shape index (κ3) is 13.5. The Labute approximate surface area is 278 Å². The molecule has 3 rings (SSSR count). The molecule has 3 aromatic rings. The standard InChI is InChI=1S/C35H44N2O6.HI/c1-27(38)36-30-18-16-29(17-19-30)34(39)43-32-22-20-31(21-23-32)41-24-12-7-5-6-8-13-25-42-35(40)33(37(2,3)4)26-28-14-10-9-11-15-28;/h9-11,14-23,33H,5-8,12-13,24-26H2,1-4H3;1H. The summed E-state index contributed by atoms with van der Waals surface area (Å²) < 4.78 is 17.4. The number of anilines is 1. The lowest BCUT2D eigenvalue weighted by molar-refractivity contribution is -0.887. The van der Waals surface area contributed by atoms with Crippen molar-refractivity contribution < 1.29 is 57.1 Å². The molecule has 0 bridgehead atoms. The fourth-order valence-electron chi connectivity index (χ4n) is 4.54. The molecule has 0 aromatic heterocycles. The number of quaternary nitrogens is 1. The monoisotopic (exact) mass is 716 g/mol. The average molecular weight is 717 g/mol. The van der Waals surface area contributed by atoms with Crippen LogP contribution in [0.5, 0.6) is 11.5 Å². The summed E-state index contributed by atoms with van der Waals surface area (Å²) >= 11 is 0. The molecule has 0 fully saturated rings. The lowest BCUT2D eigenvalue weighted by Crippen LogP contribution is -3.00. The van der Waals surface area contributed by atoms with Gasteiger partial charge in [-0.2, -0.15) is 0 Å². The van der Waals surface area contributed by atoms with Crippen LogP contribution in [0.15, 0.2) is 78.9 Å². The number of hydrogen-bond acceptors (Lipinski definition) is 6. The SMILES string of the molecule is CC(=O)Nc1ccc(C(=O)Oc2ccc(OCCCCCCCCOC(=O)C(Cc3ccccc3)[N+](C)(C)C)cc2)cc1.[I-]. The van der Waals surface area contributed by atoms with Crippen molar-refractivity contribution in [1.82, 2.24) is 0 Å². The maximum atomic E-state index is 12.8. The van der Waals surface area contributed by atoms with Crippen LogP contribution in [0, 0.1) is 0 Å². The molecule has 1 amide bonds. The van der Waals surface area contributed by atoms with Crippen molar-refractivity contribution in [2.24, 2.45) is 0 Å². The molecule has 0 saturated carbocycles. The summed E-state index contributed by atoms with van der Waals surface area (Å²) in [5.41, 5.74) is 2.15. The summed E-state index contributed by atoms with van der Waals surface area (Å²) in [4.78, 5) is 36.3. The van der Waals surface area contributed by atoms with Crippen LogP contribution in [0.3, 0.4) is 0 Å². The average Bonchev–Trinajstić information content (AvgIpc) is 2.97. The fraction of sp³-hybridized carbons (Fsp3) is 0.400. The second-order valence-electron chi connectivity index (χ2n) is 11.6. The molecule has 0 aliphatic carbocycles. The van der Waals surface area contributed by atoms with Crippen molar-refractivity contribution in [2.45, 2.75) is 57.9 Å². The number of unbranched alkanes of at least 4 members (excludes halogenated alkanes) is 5. The lowest BCUT2D eigenvalue weighted by atomic mass is 10.0. The third-order valence-electron chi connectivity index (χ3n) is 7.01. The zero-order chi connectivity index (χ0) is 31.1. The molecule has 1 atom stereocenters. The second-order valence-corrected chi connectivity index (χ2v) is 11.6. The van der Waals surface area contributed by atoms with Crippen LogP contribution in [0.4, 0.5) is 5.69 Å². The fourth-order valence-corrected chi connectivity index (χ4v) is 4.54.